The van der Waals surface area contributed by atoms with E-state index in [2.05, 4.69) is 15.5 Å². The van der Waals surface area contributed by atoms with Gasteiger partial charge in [0.1, 0.15) is 17.2 Å². The number of nitrogens with one attached hydrogen (secondary N) is 2. The number of carboxylic acid groups (broad SMARTS) is 1. The number of carbonyl (C=O) groups excluding carboxylic acids is 4. The number of carbonyl (C=O) groups is 5. The summed E-state index contributed by atoms with van der Waals surface area (Å²) in [6.07, 6.45) is 9.36. The van der Waals surface area contributed by atoms with Crippen molar-refractivity contribution in [3.63, 3.8) is 0 Å². The van der Waals surface area contributed by atoms with Crippen molar-refractivity contribution in [2.45, 2.75) is 82.9 Å². The normalized spacial score (nSPS) is 29.9. The summed E-state index contributed by atoms with van der Waals surface area (Å²) in [5, 5.41) is 20.0. The van der Waals surface area contributed by atoms with Crippen molar-refractivity contribution < 1.29 is 33.8 Å². The van der Waals surface area contributed by atoms with Gasteiger partial charge in [0, 0.05) is 60.6 Å². The molecule has 48 heavy (non-hydrogen) atoms. The molecule has 1 aliphatic carbocycles. The van der Waals surface area contributed by atoms with Gasteiger partial charge in [-0.1, -0.05) is 37.1 Å². The molecule has 6 rings (SSSR count). The van der Waals surface area contributed by atoms with Crippen molar-refractivity contribution in [2.24, 2.45) is 23.7 Å². The lowest BCUT2D eigenvalue weighted by molar-refractivity contribution is -0.159. The van der Waals surface area contributed by atoms with E-state index >= 15 is 0 Å². The molecule has 3 amide bonds. The van der Waals surface area contributed by atoms with E-state index in [4.69, 9.17) is 4.74 Å². The monoisotopic (exact) mass is 659 g/mol. The van der Waals surface area contributed by atoms with Crippen LogP contribution in [0.15, 0.2) is 48.7 Å². The Balaban J connectivity index is 1.27. The van der Waals surface area contributed by atoms with Gasteiger partial charge >= 0.3 is 11.9 Å². The van der Waals surface area contributed by atoms with Gasteiger partial charge in [0.15, 0.2) is 0 Å². The molecule has 0 radical (unpaired) electrons. The van der Waals surface area contributed by atoms with Crippen molar-refractivity contribution in [3.8, 4) is 11.3 Å². The van der Waals surface area contributed by atoms with Crippen LogP contribution < -0.4 is 5.32 Å². The summed E-state index contributed by atoms with van der Waals surface area (Å²) >= 11 is 0. The van der Waals surface area contributed by atoms with Crippen LogP contribution in [0.1, 0.15) is 76.1 Å². The topological polar surface area (TPSA) is 162 Å². The lowest BCUT2D eigenvalue weighted by Crippen LogP contribution is -2.56. The molecule has 0 unspecified atom stereocenters. The summed E-state index contributed by atoms with van der Waals surface area (Å²) in [4.78, 5) is 71.1. The molecule has 3 fully saturated rings. The second-order valence-electron chi connectivity index (χ2n) is 14.8. The van der Waals surface area contributed by atoms with Gasteiger partial charge in [-0.3, -0.25) is 24.3 Å². The van der Waals surface area contributed by atoms with E-state index < -0.39 is 46.9 Å². The Bertz CT molecular complexity index is 1600. The summed E-state index contributed by atoms with van der Waals surface area (Å²) in [5.74, 6) is -4.20. The molecule has 0 bridgehead atoms. The smallest absolute Gasteiger partial charge is 0.330 e. The predicted molar refractivity (Wildman–Crippen MR) is 175 cm³/mol. The third-order valence-corrected chi connectivity index (χ3v) is 10.1. The molecule has 4 aliphatic rings. The van der Waals surface area contributed by atoms with Crippen molar-refractivity contribution in [3.05, 3.63) is 54.2 Å². The lowest BCUT2D eigenvalue weighted by Gasteiger charge is -2.32. The van der Waals surface area contributed by atoms with Gasteiger partial charge < -0.3 is 25.0 Å². The molecule has 1 saturated carbocycles. The number of hydrogen-bond donors (Lipinski definition) is 3. The van der Waals surface area contributed by atoms with Crippen LogP contribution >= 0.6 is 0 Å². The Morgan fingerprint density at radius 2 is 1.90 bits per heavy atom. The predicted octanol–water partition coefficient (Wildman–Crippen LogP) is 3.80. The number of esters is 1. The molecule has 2 aromatic rings. The fraction of sp³-hybridized carbons (Fsp3) is 0.556. The van der Waals surface area contributed by atoms with E-state index in [9.17, 15) is 29.1 Å². The first-order valence-electron chi connectivity index (χ1n) is 17.0. The number of rotatable bonds is 5. The van der Waals surface area contributed by atoms with E-state index in [0.717, 1.165) is 36.9 Å². The zero-order chi connectivity index (χ0) is 34.2. The molecule has 3 N–H and O–H groups in total. The molecule has 6 atom stereocenters. The quantitative estimate of drug-likeness (QED) is 0.323. The highest BCUT2D eigenvalue weighted by atomic mass is 16.6. The van der Waals surface area contributed by atoms with Gasteiger partial charge in [-0.2, -0.15) is 5.10 Å². The third-order valence-electron chi connectivity index (χ3n) is 10.1. The standard InChI is InChI=1S/C36H45N5O7/c1-35(2,3)48-29(42)17-24-10-7-5-4-6-8-13-26-18-36(26,34(46)47)38-31(43)30-27-21-40(19-25(27)20-41(30)33(24)45)32(44)23-12-9-11-22(16-23)28-14-15-37-39-28/h8-9,11-16,24-27,30H,4-7,10,17-21H2,1-3H3,(H,37,39)(H,38,43)(H,46,47)/b13-8-/t24-,25-,26+,27-,30-,36+/m0/s1. The molecular formula is C36H45N5O7. The summed E-state index contributed by atoms with van der Waals surface area (Å²) < 4.78 is 5.58. The van der Waals surface area contributed by atoms with Crippen molar-refractivity contribution in [1.29, 1.82) is 0 Å². The first-order chi connectivity index (χ1) is 22.9. The van der Waals surface area contributed by atoms with Crippen LogP contribution in [0.2, 0.25) is 0 Å². The number of aromatic amines is 1. The Morgan fingerprint density at radius 1 is 1.08 bits per heavy atom. The second-order valence-corrected chi connectivity index (χ2v) is 14.8. The summed E-state index contributed by atoms with van der Waals surface area (Å²) in [5.41, 5.74) is -0.0440. The Hall–Kier alpha value is -4.48. The van der Waals surface area contributed by atoms with Crippen LogP contribution in [0, 0.1) is 23.7 Å². The van der Waals surface area contributed by atoms with E-state index in [1.165, 1.54) is 0 Å². The molecule has 12 nitrogen and oxygen atoms in total. The first kappa shape index (κ1) is 33.4. The summed E-state index contributed by atoms with van der Waals surface area (Å²) in [7, 11) is 0. The van der Waals surface area contributed by atoms with Crippen LogP contribution in [0.25, 0.3) is 11.3 Å². The number of nitrogens with zero attached hydrogens (tertiary/aromatic N) is 3. The number of carboxylic acids is 1. The third kappa shape index (κ3) is 6.88. The molecule has 2 saturated heterocycles. The van der Waals surface area contributed by atoms with E-state index in [0.29, 0.717) is 18.5 Å². The molecule has 256 valence electrons. The second kappa shape index (κ2) is 13.2. The van der Waals surface area contributed by atoms with E-state index in [-0.39, 0.29) is 49.6 Å². The van der Waals surface area contributed by atoms with Crippen LogP contribution in [0.5, 0.6) is 0 Å². The highest BCUT2D eigenvalue weighted by Crippen LogP contribution is 2.46. The Labute approximate surface area is 280 Å². The molecule has 4 heterocycles. The number of benzene rings is 1. The fourth-order valence-corrected chi connectivity index (χ4v) is 7.67. The maximum Gasteiger partial charge on any atom is 0.330 e. The van der Waals surface area contributed by atoms with Gasteiger partial charge in [-0.25, -0.2) is 4.79 Å². The zero-order valence-corrected chi connectivity index (χ0v) is 27.8. The SMILES string of the molecule is CC(C)(C)OC(=O)C[C@@H]1CCCCC/C=C\[C@@H]2C[C@@]2(C(=O)O)NC(=O)[C@@H]2[C@H]3CN(C(=O)c4cccc(-c5ccn[nH]5)c4)C[C@H]3CN2C1=O. The van der Waals surface area contributed by atoms with Gasteiger partial charge in [0.25, 0.3) is 5.91 Å². The number of ether oxygens (including phenoxy) is 1. The highest BCUT2D eigenvalue weighted by molar-refractivity contribution is 5.97. The Kier molecular flexibility index (Phi) is 9.19. The van der Waals surface area contributed by atoms with E-state index in [1.807, 2.05) is 30.4 Å². The minimum absolute atomic E-state index is 0.103. The zero-order valence-electron chi connectivity index (χ0n) is 27.8. The fourth-order valence-electron chi connectivity index (χ4n) is 7.67. The van der Waals surface area contributed by atoms with Crippen molar-refractivity contribution in [1.82, 2.24) is 25.3 Å². The van der Waals surface area contributed by atoms with Crippen LogP contribution in [-0.2, 0) is 23.9 Å². The van der Waals surface area contributed by atoms with Crippen LogP contribution in [-0.4, -0.2) is 91.6 Å². The number of fused-ring (bicyclic) bond motifs is 4. The van der Waals surface area contributed by atoms with Gasteiger partial charge in [-0.05, 0) is 64.7 Å². The average molecular weight is 660 g/mol. The number of aliphatic carboxylic acids is 1. The maximum absolute atomic E-state index is 14.4. The molecule has 1 aromatic carbocycles. The number of amides is 3. The van der Waals surface area contributed by atoms with E-state index in [1.54, 1.807) is 48.9 Å². The molecular weight excluding hydrogens is 614 g/mol. The summed E-state index contributed by atoms with van der Waals surface area (Å²) in [6, 6.07) is 8.09. The highest BCUT2D eigenvalue weighted by Gasteiger charge is 2.62. The lowest BCUT2D eigenvalue weighted by atomic mass is 9.92. The number of likely N-dealkylation sites (tertiary alicyclic amines) is 1. The van der Waals surface area contributed by atoms with Gasteiger partial charge in [-0.15, -0.1) is 0 Å². The molecule has 0 spiro atoms. The summed E-state index contributed by atoms with van der Waals surface area (Å²) in [6.45, 7) is 6.15. The first-order valence-corrected chi connectivity index (χ1v) is 17.0. The number of H-pyrrole nitrogens is 1. The van der Waals surface area contributed by atoms with Gasteiger partial charge in [0.2, 0.25) is 11.8 Å². The molecule has 1 aromatic heterocycles. The number of aromatic nitrogens is 2. The number of hydrogen-bond acceptors (Lipinski definition) is 7. The van der Waals surface area contributed by atoms with Crippen molar-refractivity contribution in [2.75, 3.05) is 19.6 Å². The van der Waals surface area contributed by atoms with Crippen molar-refractivity contribution >= 4 is 29.7 Å². The largest absolute Gasteiger partial charge is 0.479 e. The van der Waals surface area contributed by atoms with Gasteiger partial charge in [0.05, 0.1) is 12.1 Å². The molecule has 12 heteroatoms. The number of allylic oxidation sites excluding steroid dienone is 1. The maximum atomic E-state index is 14.4. The van der Waals surface area contributed by atoms with Crippen LogP contribution in [0.3, 0.4) is 0 Å². The minimum atomic E-state index is -1.43. The average Bonchev–Trinajstić information content (AvgIpc) is 3.40. The van der Waals surface area contributed by atoms with Crippen LogP contribution in [0.4, 0.5) is 0 Å². The molecule has 3 aliphatic heterocycles. The Morgan fingerprint density at radius 3 is 2.62 bits per heavy atom. The minimum Gasteiger partial charge on any atom is -0.479 e.